The van der Waals surface area contributed by atoms with E-state index in [9.17, 15) is 9.90 Å². The number of likely N-dealkylation sites (tertiary alicyclic amines) is 1. The van der Waals surface area contributed by atoms with Crippen molar-refractivity contribution in [3.8, 4) is 5.75 Å². The molecule has 2 fully saturated rings. The number of halogens is 3. The second-order valence-corrected chi connectivity index (χ2v) is 10.3. The van der Waals surface area contributed by atoms with E-state index in [1.807, 2.05) is 17.0 Å². The third-order valence-electron chi connectivity index (χ3n) is 6.41. The molecular formula is C19H22Cl3NO3. The summed E-state index contributed by atoms with van der Waals surface area (Å²) >= 11 is 17.2. The van der Waals surface area contributed by atoms with Crippen molar-refractivity contribution in [2.45, 2.75) is 53.8 Å². The van der Waals surface area contributed by atoms with Gasteiger partial charge >= 0.3 is 6.09 Å². The number of alkyl halides is 3. The van der Waals surface area contributed by atoms with Crippen LogP contribution in [0.1, 0.15) is 43.2 Å². The molecule has 2 aliphatic carbocycles. The van der Waals surface area contributed by atoms with Gasteiger partial charge in [-0.3, -0.25) is 0 Å². The standard InChI is InChI=1S/C19H22Cl3NO3/c20-19(21,22)11-26-17(25)23-8-7-18-6-2-1-3-14(18)16(23)9-12-4-5-13(24)10-15(12)18/h4-5,10,14,16,24H,1-3,6-9,11H2. The summed E-state index contributed by atoms with van der Waals surface area (Å²) in [4.78, 5) is 14.5. The molecule has 1 heterocycles. The smallest absolute Gasteiger partial charge is 0.410 e. The lowest BCUT2D eigenvalue weighted by Gasteiger charge is -2.58. The Labute approximate surface area is 168 Å². The average molecular weight is 419 g/mol. The van der Waals surface area contributed by atoms with Crippen molar-refractivity contribution in [2.75, 3.05) is 13.2 Å². The number of hydrogen-bond acceptors (Lipinski definition) is 3. The van der Waals surface area contributed by atoms with Gasteiger partial charge in [0.1, 0.15) is 12.4 Å². The number of carbonyl (C=O) groups is 1. The number of amides is 1. The van der Waals surface area contributed by atoms with E-state index in [1.54, 1.807) is 6.07 Å². The number of piperidine rings is 1. The normalized spacial score (nSPS) is 30.3. The molecule has 3 unspecified atom stereocenters. The van der Waals surface area contributed by atoms with Crippen LogP contribution in [0.4, 0.5) is 4.79 Å². The minimum absolute atomic E-state index is 0.0568. The average Bonchev–Trinajstić information content (AvgIpc) is 2.60. The summed E-state index contributed by atoms with van der Waals surface area (Å²) in [7, 11) is 0. The van der Waals surface area contributed by atoms with Gasteiger partial charge < -0.3 is 14.7 Å². The molecule has 4 rings (SSSR count). The Morgan fingerprint density at radius 3 is 2.88 bits per heavy atom. The summed E-state index contributed by atoms with van der Waals surface area (Å²) < 4.78 is 3.67. The Morgan fingerprint density at radius 2 is 2.12 bits per heavy atom. The first-order valence-corrected chi connectivity index (χ1v) is 10.3. The second-order valence-electron chi connectivity index (χ2n) is 7.73. The van der Waals surface area contributed by atoms with Crippen molar-refractivity contribution in [3.63, 3.8) is 0 Å². The van der Waals surface area contributed by atoms with Gasteiger partial charge in [-0.05, 0) is 54.9 Å². The summed E-state index contributed by atoms with van der Waals surface area (Å²) in [5.74, 6) is 0.713. The maximum absolute atomic E-state index is 12.7. The molecule has 0 radical (unpaired) electrons. The molecule has 4 nitrogen and oxygen atoms in total. The zero-order chi connectivity index (χ0) is 18.5. The van der Waals surface area contributed by atoms with Crippen LogP contribution in [0, 0.1) is 5.92 Å². The number of phenols is 1. The largest absolute Gasteiger partial charge is 0.508 e. The summed E-state index contributed by atoms with van der Waals surface area (Å²) in [6.07, 6.45) is 5.83. The molecule has 142 valence electrons. The van der Waals surface area contributed by atoms with E-state index >= 15 is 0 Å². The van der Waals surface area contributed by atoms with E-state index in [4.69, 9.17) is 39.5 Å². The SMILES string of the molecule is O=C(OCC(Cl)(Cl)Cl)N1CCC23CCCCC2C1Cc1ccc(O)cc13. The number of benzene rings is 1. The molecule has 1 N–H and O–H groups in total. The van der Waals surface area contributed by atoms with Crippen LogP contribution in [0.5, 0.6) is 5.75 Å². The predicted octanol–water partition coefficient (Wildman–Crippen LogP) is 4.96. The van der Waals surface area contributed by atoms with E-state index in [-0.39, 0.29) is 18.1 Å². The molecule has 1 aliphatic heterocycles. The van der Waals surface area contributed by atoms with Gasteiger partial charge in [0.15, 0.2) is 0 Å². The van der Waals surface area contributed by atoms with Crippen LogP contribution < -0.4 is 0 Å². The Kier molecular flexibility index (Phi) is 4.73. The minimum atomic E-state index is -1.60. The topological polar surface area (TPSA) is 49.8 Å². The van der Waals surface area contributed by atoms with Gasteiger partial charge in [0, 0.05) is 18.0 Å². The van der Waals surface area contributed by atoms with E-state index in [2.05, 4.69) is 0 Å². The van der Waals surface area contributed by atoms with E-state index in [0.29, 0.717) is 18.2 Å². The van der Waals surface area contributed by atoms with Gasteiger partial charge in [0.2, 0.25) is 3.79 Å². The lowest BCUT2D eigenvalue weighted by Crippen LogP contribution is -2.62. The molecule has 26 heavy (non-hydrogen) atoms. The van der Waals surface area contributed by atoms with Crippen LogP contribution in [0.2, 0.25) is 0 Å². The van der Waals surface area contributed by atoms with Crippen molar-refractivity contribution in [1.29, 1.82) is 0 Å². The number of rotatable bonds is 1. The second kappa shape index (κ2) is 6.65. The molecule has 7 heteroatoms. The number of phenolic OH excluding ortho intramolecular Hbond substituents is 1. The number of fused-ring (bicyclic) bond motifs is 1. The van der Waals surface area contributed by atoms with E-state index in [1.165, 1.54) is 24.0 Å². The Bertz CT molecular complexity index is 720. The number of ether oxygens (including phenoxy) is 1. The molecule has 2 bridgehead atoms. The molecular weight excluding hydrogens is 397 g/mol. The molecule has 1 saturated carbocycles. The zero-order valence-corrected chi connectivity index (χ0v) is 16.7. The monoisotopic (exact) mass is 417 g/mol. The van der Waals surface area contributed by atoms with Crippen molar-refractivity contribution in [2.24, 2.45) is 5.92 Å². The summed E-state index contributed by atoms with van der Waals surface area (Å²) in [5, 5.41) is 10.0. The third kappa shape index (κ3) is 3.14. The highest BCUT2D eigenvalue weighted by atomic mass is 35.6. The fourth-order valence-corrected chi connectivity index (χ4v) is 5.61. The molecule has 3 aliphatic rings. The Balaban J connectivity index is 1.65. The molecule has 0 spiro atoms. The maximum atomic E-state index is 12.7. The van der Waals surface area contributed by atoms with Gasteiger partial charge in [0.05, 0.1) is 0 Å². The maximum Gasteiger partial charge on any atom is 0.410 e. The summed E-state index contributed by atoms with van der Waals surface area (Å²) in [5.41, 5.74) is 2.57. The van der Waals surface area contributed by atoms with Gasteiger partial charge in [-0.1, -0.05) is 53.7 Å². The molecule has 3 atom stereocenters. The quantitative estimate of drug-likeness (QED) is 0.656. The highest BCUT2D eigenvalue weighted by Gasteiger charge is 2.55. The minimum Gasteiger partial charge on any atom is -0.508 e. The summed E-state index contributed by atoms with van der Waals surface area (Å²) in [6.45, 7) is 0.384. The van der Waals surface area contributed by atoms with E-state index in [0.717, 1.165) is 25.7 Å². The van der Waals surface area contributed by atoms with Crippen LogP contribution in [0.15, 0.2) is 18.2 Å². The summed E-state index contributed by atoms with van der Waals surface area (Å²) in [6, 6.07) is 5.78. The number of nitrogens with zero attached hydrogens (tertiary/aromatic N) is 1. The zero-order valence-electron chi connectivity index (χ0n) is 14.4. The fourth-order valence-electron chi connectivity index (χ4n) is 5.45. The van der Waals surface area contributed by atoms with Crippen LogP contribution >= 0.6 is 34.8 Å². The van der Waals surface area contributed by atoms with Crippen molar-refractivity contribution < 1.29 is 14.6 Å². The van der Waals surface area contributed by atoms with Gasteiger partial charge in [-0.25, -0.2) is 4.79 Å². The van der Waals surface area contributed by atoms with Crippen molar-refractivity contribution >= 4 is 40.9 Å². The first kappa shape index (κ1) is 18.5. The van der Waals surface area contributed by atoms with Gasteiger partial charge in [0.25, 0.3) is 0 Å². The van der Waals surface area contributed by atoms with Crippen LogP contribution in [-0.4, -0.2) is 39.1 Å². The lowest BCUT2D eigenvalue weighted by atomic mass is 9.52. The van der Waals surface area contributed by atoms with Crippen LogP contribution in [0.25, 0.3) is 0 Å². The lowest BCUT2D eigenvalue weighted by molar-refractivity contribution is -0.0116. The van der Waals surface area contributed by atoms with Crippen LogP contribution in [-0.2, 0) is 16.6 Å². The molecule has 1 aromatic rings. The Morgan fingerprint density at radius 1 is 1.31 bits per heavy atom. The fraction of sp³-hybridized carbons (Fsp3) is 0.632. The highest BCUT2D eigenvalue weighted by Crippen LogP contribution is 2.56. The molecule has 1 saturated heterocycles. The third-order valence-corrected chi connectivity index (χ3v) is 6.74. The van der Waals surface area contributed by atoms with Crippen molar-refractivity contribution in [1.82, 2.24) is 4.90 Å². The predicted molar refractivity (Wildman–Crippen MR) is 102 cm³/mol. The molecule has 0 aromatic heterocycles. The highest BCUT2D eigenvalue weighted by molar-refractivity contribution is 6.67. The molecule has 1 amide bonds. The van der Waals surface area contributed by atoms with Crippen LogP contribution in [0.3, 0.4) is 0 Å². The first-order valence-electron chi connectivity index (χ1n) is 9.13. The van der Waals surface area contributed by atoms with E-state index < -0.39 is 9.89 Å². The van der Waals surface area contributed by atoms with Gasteiger partial charge in [-0.15, -0.1) is 0 Å². The Hall–Kier alpha value is -0.840. The number of hydrogen-bond donors (Lipinski definition) is 1. The van der Waals surface area contributed by atoms with Crippen molar-refractivity contribution in [3.05, 3.63) is 29.3 Å². The number of aromatic hydroxyl groups is 1. The molecule has 1 aromatic carbocycles. The first-order chi connectivity index (χ1) is 12.3. The van der Waals surface area contributed by atoms with Gasteiger partial charge in [-0.2, -0.15) is 0 Å². The number of carbonyl (C=O) groups excluding carboxylic acids is 1.